The van der Waals surface area contributed by atoms with Crippen LogP contribution < -0.4 is 0 Å². The van der Waals surface area contributed by atoms with Crippen LogP contribution in [0.5, 0.6) is 0 Å². The maximum atomic E-state index is 0. The summed E-state index contributed by atoms with van der Waals surface area (Å²) in [6.45, 7) is 0. The third-order valence-electron chi connectivity index (χ3n) is 0. The van der Waals surface area contributed by atoms with Gasteiger partial charge in [-0.15, -0.1) is 0 Å². The second-order valence-electron chi connectivity index (χ2n) is 0. The van der Waals surface area contributed by atoms with E-state index in [1.54, 1.807) is 0 Å². The fraction of sp³-hybridized carbons (Fsp3) is 0. The van der Waals surface area contributed by atoms with E-state index in [2.05, 4.69) is 0 Å². The summed E-state index contributed by atoms with van der Waals surface area (Å²) >= 11 is 0. The van der Waals surface area contributed by atoms with Crippen LogP contribution in [0.4, 0.5) is 0 Å². The van der Waals surface area contributed by atoms with Gasteiger partial charge in [-0.05, 0) is 0 Å². The molecule has 0 aliphatic heterocycles. The Morgan fingerprint density at radius 2 is 0.231 bits per heavy atom. The minimum atomic E-state index is 0. The van der Waals surface area contributed by atoms with Crippen LogP contribution in [0.2, 0.25) is 0 Å². The van der Waals surface area contributed by atoms with Crippen molar-refractivity contribution in [3.05, 3.63) is 0 Å². The standard InChI is InChI=1S/9O.2Ru.2V/q9*-2;2*+4;;. The summed E-state index contributed by atoms with van der Waals surface area (Å²) < 4.78 is 0. The zero-order valence-electron chi connectivity index (χ0n) is 5.28. The quantitative estimate of drug-likeness (QED) is 0.401. The first-order valence-corrected chi connectivity index (χ1v) is 0. The molecule has 0 aromatic carbocycles. The van der Waals surface area contributed by atoms with Crippen LogP contribution in [0.1, 0.15) is 0 Å². The van der Waals surface area contributed by atoms with Crippen molar-refractivity contribution in [3.8, 4) is 0 Å². The molecule has 0 saturated heterocycles. The second kappa shape index (κ2) is 567. The Kier molecular flexibility index (Phi) is 30700. The van der Waals surface area contributed by atoms with Crippen molar-refractivity contribution in [2.45, 2.75) is 0 Å². The predicted octanol–water partition coefficient (Wildman–Crippen LogP) is -1.08. The van der Waals surface area contributed by atoms with Crippen LogP contribution in [0, 0.1) is 0 Å². The Hall–Kier alpha value is 2.06. The van der Waals surface area contributed by atoms with Crippen molar-refractivity contribution in [2.75, 3.05) is 0 Å². The van der Waals surface area contributed by atoms with Crippen LogP contribution in [0.25, 0.3) is 0 Å². The van der Waals surface area contributed by atoms with E-state index in [1.807, 2.05) is 0 Å². The van der Waals surface area contributed by atoms with Gasteiger partial charge in [0.1, 0.15) is 0 Å². The van der Waals surface area contributed by atoms with Crippen LogP contribution >= 0.6 is 0 Å². The molecule has 0 aromatic rings. The van der Waals surface area contributed by atoms with E-state index in [4.69, 9.17) is 0 Å². The summed E-state index contributed by atoms with van der Waals surface area (Å²) in [4.78, 5) is 0. The van der Waals surface area contributed by atoms with Gasteiger partial charge in [0, 0.05) is 37.1 Å². The molecule has 13 heteroatoms. The minimum Gasteiger partial charge on any atom is -2.00 e. The molecule has 0 aliphatic rings. The molecule has 0 N–H and O–H groups in total. The number of hydrogen-bond donors (Lipinski definition) is 0. The molecule has 2 radical (unpaired) electrons. The Bertz CT molecular complexity index is 15.6. The predicted molar refractivity (Wildman–Crippen MR) is 6.18 cm³/mol. The van der Waals surface area contributed by atoms with Gasteiger partial charge < -0.3 is 49.3 Å². The van der Waals surface area contributed by atoms with Gasteiger partial charge in [-0.1, -0.05) is 0 Å². The molecule has 0 spiro atoms. The molecular formula is O9Ru2V2-10. The van der Waals surface area contributed by atoms with Crippen LogP contribution in [0.3, 0.4) is 0 Å². The van der Waals surface area contributed by atoms with Crippen LogP contribution in [-0.2, 0) is 125 Å². The second-order valence-corrected chi connectivity index (χ2v) is 0. The minimum absolute atomic E-state index is 0. The summed E-state index contributed by atoms with van der Waals surface area (Å²) in [6.07, 6.45) is 0. The van der Waals surface area contributed by atoms with Crippen molar-refractivity contribution in [3.63, 3.8) is 0 Å². The molecule has 0 amide bonds. The molecule has 0 atom stereocenters. The van der Waals surface area contributed by atoms with Crippen molar-refractivity contribution in [2.24, 2.45) is 0 Å². The molecule has 0 unspecified atom stereocenters. The van der Waals surface area contributed by atoms with Gasteiger partial charge in [-0.2, -0.15) is 0 Å². The molecule has 0 rings (SSSR count). The Labute approximate surface area is 124 Å². The van der Waals surface area contributed by atoms with Gasteiger partial charge in [0.15, 0.2) is 0 Å². The third-order valence-corrected chi connectivity index (χ3v) is 0. The van der Waals surface area contributed by atoms with Crippen molar-refractivity contribution in [1.29, 1.82) is 0 Å². The molecule has 13 heavy (non-hydrogen) atoms. The molecule has 0 heterocycles. The zero-order chi connectivity index (χ0) is 0. The average Bonchev–Trinajstić information content (AvgIpc) is 0. The average molecular weight is 448 g/mol. The van der Waals surface area contributed by atoms with Gasteiger partial charge in [0.05, 0.1) is 0 Å². The summed E-state index contributed by atoms with van der Waals surface area (Å²) in [5, 5.41) is 0. The van der Waals surface area contributed by atoms with E-state index in [9.17, 15) is 0 Å². The number of hydrogen-bond acceptors (Lipinski definition) is 0. The van der Waals surface area contributed by atoms with E-state index in [1.165, 1.54) is 0 Å². The van der Waals surface area contributed by atoms with E-state index >= 15 is 0 Å². The van der Waals surface area contributed by atoms with Crippen LogP contribution in [-0.4, -0.2) is 0 Å². The van der Waals surface area contributed by atoms with Crippen molar-refractivity contribution < 1.29 is 125 Å². The fourth-order valence-electron chi connectivity index (χ4n) is 0. The number of rotatable bonds is 0. The molecule has 0 fully saturated rings. The molecule has 0 bridgehead atoms. The van der Waals surface area contributed by atoms with E-state index in [0.717, 1.165) is 0 Å². The molecule has 90 valence electrons. The summed E-state index contributed by atoms with van der Waals surface area (Å²) in [7, 11) is 0. The Morgan fingerprint density at radius 1 is 0.231 bits per heavy atom. The van der Waals surface area contributed by atoms with Gasteiger partial charge in [0.25, 0.3) is 0 Å². The van der Waals surface area contributed by atoms with E-state index < -0.39 is 0 Å². The first-order valence-electron chi connectivity index (χ1n) is 0. The molecule has 0 aromatic heterocycles. The normalized spacial score (nSPS) is 0. The SMILES string of the molecule is [O-2].[O-2].[O-2].[O-2].[O-2].[O-2].[O-2].[O-2].[O-2].[Ru+4].[Ru+4].[V].[V]. The van der Waals surface area contributed by atoms with E-state index in [0.29, 0.717) is 0 Å². The van der Waals surface area contributed by atoms with Gasteiger partial charge in [0.2, 0.25) is 0 Å². The topological polar surface area (TPSA) is 256 Å². The first kappa shape index (κ1) is 704. The summed E-state index contributed by atoms with van der Waals surface area (Å²) in [6, 6.07) is 0. The largest absolute Gasteiger partial charge is 4.00 e. The summed E-state index contributed by atoms with van der Waals surface area (Å²) in [5.41, 5.74) is 0. The first-order chi connectivity index (χ1) is 0. The summed E-state index contributed by atoms with van der Waals surface area (Å²) in [5.74, 6) is 0. The molecular weight excluding hydrogens is 448 g/mol. The molecule has 0 saturated carbocycles. The maximum absolute atomic E-state index is 0. The maximum Gasteiger partial charge on any atom is 4.00 e. The van der Waals surface area contributed by atoms with Crippen molar-refractivity contribution >= 4 is 0 Å². The third kappa shape index (κ3) is 483. The Morgan fingerprint density at radius 3 is 0.231 bits per heavy atom. The molecule has 9 nitrogen and oxygen atoms in total. The molecule has 0 aliphatic carbocycles. The fourth-order valence-corrected chi connectivity index (χ4v) is 0. The van der Waals surface area contributed by atoms with E-state index in [-0.39, 0.29) is 125 Å². The van der Waals surface area contributed by atoms with Gasteiger partial charge >= 0.3 is 39.0 Å². The Balaban J connectivity index is 0. The smallest absolute Gasteiger partial charge is 2.00 e. The monoisotopic (exact) mass is 450 g/mol. The van der Waals surface area contributed by atoms with Crippen molar-refractivity contribution in [1.82, 2.24) is 0 Å². The van der Waals surface area contributed by atoms with Gasteiger partial charge in [-0.3, -0.25) is 0 Å². The van der Waals surface area contributed by atoms with Gasteiger partial charge in [-0.25, -0.2) is 0 Å². The van der Waals surface area contributed by atoms with Crippen LogP contribution in [0.15, 0.2) is 0 Å². The zero-order valence-corrected chi connectivity index (χ0v) is 11.5.